The minimum Gasteiger partial charge on any atom is -0.383 e. The third kappa shape index (κ3) is 6.66. The van der Waals surface area contributed by atoms with Crippen LogP contribution in [-0.2, 0) is 17.8 Å². The molecule has 0 radical (unpaired) electrons. The highest BCUT2D eigenvalue weighted by molar-refractivity contribution is 5.11. The number of hydrogen-bond acceptors (Lipinski definition) is 4. The Morgan fingerprint density at radius 3 is 2.68 bits per heavy atom. The van der Waals surface area contributed by atoms with Gasteiger partial charge in [-0.15, -0.1) is 0 Å². The van der Waals surface area contributed by atoms with Gasteiger partial charge >= 0.3 is 0 Å². The summed E-state index contributed by atoms with van der Waals surface area (Å²) in [5.74, 6) is 0. The van der Waals surface area contributed by atoms with Crippen LogP contribution < -0.4 is 5.32 Å². The van der Waals surface area contributed by atoms with Crippen molar-refractivity contribution < 1.29 is 4.74 Å². The van der Waals surface area contributed by atoms with Crippen LogP contribution in [-0.4, -0.2) is 42.7 Å². The summed E-state index contributed by atoms with van der Waals surface area (Å²) in [4.78, 5) is 7.03. The van der Waals surface area contributed by atoms with E-state index in [0.717, 1.165) is 44.2 Å². The average Bonchev–Trinajstić information content (AvgIpc) is 2.41. The molecule has 19 heavy (non-hydrogen) atoms. The molecule has 4 nitrogen and oxygen atoms in total. The predicted molar refractivity (Wildman–Crippen MR) is 79.0 cm³/mol. The van der Waals surface area contributed by atoms with Crippen molar-refractivity contribution in [2.75, 3.05) is 26.8 Å². The van der Waals surface area contributed by atoms with Crippen LogP contribution in [0.15, 0.2) is 18.2 Å². The van der Waals surface area contributed by atoms with Crippen LogP contribution in [0, 0.1) is 0 Å². The standard InChI is InChI=1S/C15H27N3O/c1-5-18(9-10-19-4)12-15-8-6-7-14(17-15)11-16-13(2)3/h6-8,13,16H,5,9-12H2,1-4H3. The summed E-state index contributed by atoms with van der Waals surface area (Å²) in [7, 11) is 1.74. The summed E-state index contributed by atoms with van der Waals surface area (Å²) in [6, 6.07) is 6.74. The number of hydrogen-bond donors (Lipinski definition) is 1. The Balaban J connectivity index is 2.54. The fourth-order valence-electron chi connectivity index (χ4n) is 1.82. The monoisotopic (exact) mass is 265 g/mol. The Labute approximate surface area is 117 Å². The maximum atomic E-state index is 5.13. The summed E-state index contributed by atoms with van der Waals surface area (Å²) in [5, 5.41) is 3.39. The lowest BCUT2D eigenvalue weighted by Crippen LogP contribution is -2.27. The van der Waals surface area contributed by atoms with E-state index in [-0.39, 0.29) is 0 Å². The van der Waals surface area contributed by atoms with Gasteiger partial charge in [0.2, 0.25) is 0 Å². The lowest BCUT2D eigenvalue weighted by molar-refractivity contribution is 0.146. The van der Waals surface area contributed by atoms with Crippen LogP contribution in [0.5, 0.6) is 0 Å². The molecule has 0 bridgehead atoms. The Hall–Kier alpha value is -0.970. The Morgan fingerprint density at radius 1 is 1.32 bits per heavy atom. The molecule has 0 saturated carbocycles. The molecular formula is C15H27N3O. The molecule has 1 N–H and O–H groups in total. The highest BCUT2D eigenvalue weighted by atomic mass is 16.5. The van der Waals surface area contributed by atoms with Gasteiger partial charge in [0.25, 0.3) is 0 Å². The van der Waals surface area contributed by atoms with Crippen LogP contribution in [0.2, 0.25) is 0 Å². The van der Waals surface area contributed by atoms with Crippen molar-refractivity contribution in [2.45, 2.75) is 39.9 Å². The van der Waals surface area contributed by atoms with E-state index in [1.807, 2.05) is 0 Å². The van der Waals surface area contributed by atoms with Crippen molar-refractivity contribution in [3.63, 3.8) is 0 Å². The second-order valence-corrected chi connectivity index (χ2v) is 5.02. The van der Waals surface area contributed by atoms with Gasteiger partial charge in [0.05, 0.1) is 18.0 Å². The normalized spacial score (nSPS) is 11.5. The second-order valence-electron chi connectivity index (χ2n) is 5.02. The first-order valence-electron chi connectivity index (χ1n) is 7.05. The SMILES string of the molecule is CCN(CCOC)Cc1cccc(CNC(C)C)n1. The lowest BCUT2D eigenvalue weighted by atomic mass is 10.2. The van der Waals surface area contributed by atoms with Crippen molar-refractivity contribution in [1.29, 1.82) is 0 Å². The largest absolute Gasteiger partial charge is 0.383 e. The Kier molecular flexibility index (Phi) is 7.63. The van der Waals surface area contributed by atoms with E-state index in [1.165, 1.54) is 0 Å². The van der Waals surface area contributed by atoms with E-state index in [1.54, 1.807) is 7.11 Å². The Morgan fingerprint density at radius 2 is 2.05 bits per heavy atom. The first-order chi connectivity index (χ1) is 9.15. The summed E-state index contributed by atoms with van der Waals surface area (Å²) < 4.78 is 5.13. The van der Waals surface area contributed by atoms with Gasteiger partial charge in [-0.25, -0.2) is 0 Å². The molecule has 0 aromatic carbocycles. The first kappa shape index (κ1) is 16.1. The number of rotatable bonds is 9. The van der Waals surface area contributed by atoms with E-state index in [4.69, 9.17) is 9.72 Å². The lowest BCUT2D eigenvalue weighted by Gasteiger charge is -2.19. The van der Waals surface area contributed by atoms with Crippen molar-refractivity contribution >= 4 is 0 Å². The summed E-state index contributed by atoms with van der Waals surface area (Å²) in [5.41, 5.74) is 2.23. The zero-order valence-corrected chi connectivity index (χ0v) is 12.6. The van der Waals surface area contributed by atoms with Gasteiger partial charge in [-0.3, -0.25) is 9.88 Å². The van der Waals surface area contributed by atoms with Crippen molar-refractivity contribution in [3.8, 4) is 0 Å². The highest BCUT2D eigenvalue weighted by Gasteiger charge is 2.05. The van der Waals surface area contributed by atoms with Gasteiger partial charge in [0, 0.05) is 32.8 Å². The molecule has 0 spiro atoms. The molecule has 0 unspecified atom stereocenters. The van der Waals surface area contributed by atoms with Gasteiger partial charge in [-0.05, 0) is 18.7 Å². The summed E-state index contributed by atoms with van der Waals surface area (Å²) in [6.07, 6.45) is 0. The van der Waals surface area contributed by atoms with Crippen LogP contribution in [0.3, 0.4) is 0 Å². The molecule has 1 heterocycles. The van der Waals surface area contributed by atoms with Crippen molar-refractivity contribution in [1.82, 2.24) is 15.2 Å². The highest BCUT2D eigenvalue weighted by Crippen LogP contribution is 2.04. The van der Waals surface area contributed by atoms with Gasteiger partial charge in [0.15, 0.2) is 0 Å². The maximum Gasteiger partial charge on any atom is 0.0589 e. The number of likely N-dealkylation sites (N-methyl/N-ethyl adjacent to an activating group) is 1. The number of pyridine rings is 1. The van der Waals surface area contributed by atoms with Crippen LogP contribution >= 0.6 is 0 Å². The van der Waals surface area contributed by atoms with E-state index < -0.39 is 0 Å². The molecule has 0 amide bonds. The average molecular weight is 265 g/mol. The molecule has 0 aliphatic rings. The molecule has 1 rings (SSSR count). The van der Waals surface area contributed by atoms with Gasteiger partial charge in [0.1, 0.15) is 0 Å². The topological polar surface area (TPSA) is 37.4 Å². The number of aromatic nitrogens is 1. The number of nitrogens with zero attached hydrogens (tertiary/aromatic N) is 2. The molecule has 0 atom stereocenters. The van der Waals surface area contributed by atoms with E-state index in [2.05, 4.69) is 49.2 Å². The zero-order chi connectivity index (χ0) is 14.1. The maximum absolute atomic E-state index is 5.13. The molecule has 1 aromatic rings. The predicted octanol–water partition coefficient (Wildman–Crippen LogP) is 2.05. The van der Waals surface area contributed by atoms with E-state index in [0.29, 0.717) is 6.04 Å². The molecule has 0 aliphatic heterocycles. The second kappa shape index (κ2) is 9.02. The molecule has 1 aromatic heterocycles. The summed E-state index contributed by atoms with van der Waals surface area (Å²) >= 11 is 0. The van der Waals surface area contributed by atoms with Crippen molar-refractivity contribution in [2.24, 2.45) is 0 Å². The third-order valence-corrected chi connectivity index (χ3v) is 3.00. The molecular weight excluding hydrogens is 238 g/mol. The van der Waals surface area contributed by atoms with Crippen LogP contribution in [0.4, 0.5) is 0 Å². The van der Waals surface area contributed by atoms with Gasteiger partial charge < -0.3 is 10.1 Å². The quantitative estimate of drug-likeness (QED) is 0.741. The van der Waals surface area contributed by atoms with Crippen molar-refractivity contribution in [3.05, 3.63) is 29.6 Å². The number of nitrogens with one attached hydrogen (secondary N) is 1. The minimum atomic E-state index is 0.485. The third-order valence-electron chi connectivity index (χ3n) is 3.00. The van der Waals surface area contributed by atoms with Crippen LogP contribution in [0.1, 0.15) is 32.2 Å². The first-order valence-corrected chi connectivity index (χ1v) is 7.05. The Bertz CT molecular complexity index is 355. The number of ether oxygens (including phenoxy) is 1. The summed E-state index contributed by atoms with van der Waals surface area (Å²) in [6.45, 7) is 10.9. The zero-order valence-electron chi connectivity index (χ0n) is 12.6. The van der Waals surface area contributed by atoms with Crippen LogP contribution in [0.25, 0.3) is 0 Å². The van der Waals surface area contributed by atoms with Gasteiger partial charge in [-0.2, -0.15) is 0 Å². The molecule has 0 fully saturated rings. The van der Waals surface area contributed by atoms with E-state index in [9.17, 15) is 0 Å². The smallest absolute Gasteiger partial charge is 0.0589 e. The molecule has 108 valence electrons. The fraction of sp³-hybridized carbons (Fsp3) is 0.667. The molecule has 0 saturated heterocycles. The van der Waals surface area contributed by atoms with Gasteiger partial charge in [-0.1, -0.05) is 26.8 Å². The minimum absolute atomic E-state index is 0.485. The molecule has 0 aliphatic carbocycles. The fourth-order valence-corrected chi connectivity index (χ4v) is 1.82. The number of methoxy groups -OCH3 is 1. The molecule has 4 heteroatoms. The van der Waals surface area contributed by atoms with E-state index >= 15 is 0 Å².